The maximum atomic E-state index is 13.8. The van der Waals surface area contributed by atoms with Gasteiger partial charge in [-0.05, 0) is 43.2 Å². The molecular weight excluding hydrogens is 389 g/mol. The van der Waals surface area contributed by atoms with Crippen LogP contribution in [0.3, 0.4) is 0 Å². The number of rotatable bonds is 7. The molecule has 0 radical (unpaired) electrons. The summed E-state index contributed by atoms with van der Waals surface area (Å²) in [6, 6.07) is 11.5. The zero-order valence-electron chi connectivity index (χ0n) is 16.7. The number of ether oxygens (including phenoxy) is 1. The van der Waals surface area contributed by atoms with Crippen molar-refractivity contribution in [2.45, 2.75) is 18.9 Å². The molecule has 3 amide bonds. The van der Waals surface area contributed by atoms with Gasteiger partial charge in [-0.2, -0.15) is 0 Å². The molecule has 8 heteroatoms. The standard InChI is InChI=1S/C22H24FN3O4/c1-30-13-11-24-21(28)19-10-5-12-26(19)22(29)15-6-4-7-16(14-15)25-20(27)17-8-2-3-9-18(17)23/h2-4,6-9,14,19H,5,10-13H2,1H3,(H,24,28)(H,25,27)/t19-/m1/s1. The van der Waals surface area contributed by atoms with Crippen LogP contribution in [0.25, 0.3) is 0 Å². The van der Waals surface area contributed by atoms with Gasteiger partial charge in [-0.15, -0.1) is 0 Å². The lowest BCUT2D eigenvalue weighted by molar-refractivity contribution is -0.125. The third-order valence-electron chi connectivity index (χ3n) is 4.91. The molecule has 0 spiro atoms. The van der Waals surface area contributed by atoms with E-state index >= 15 is 0 Å². The molecule has 1 aliphatic heterocycles. The summed E-state index contributed by atoms with van der Waals surface area (Å²) >= 11 is 0. The van der Waals surface area contributed by atoms with Gasteiger partial charge in [-0.25, -0.2) is 4.39 Å². The summed E-state index contributed by atoms with van der Waals surface area (Å²) in [7, 11) is 1.55. The lowest BCUT2D eigenvalue weighted by atomic mass is 10.1. The van der Waals surface area contributed by atoms with Crippen LogP contribution in [0.1, 0.15) is 33.6 Å². The fourth-order valence-electron chi connectivity index (χ4n) is 3.42. The predicted molar refractivity (Wildman–Crippen MR) is 110 cm³/mol. The van der Waals surface area contributed by atoms with Crippen molar-refractivity contribution in [3.8, 4) is 0 Å². The number of halogens is 1. The number of nitrogens with zero attached hydrogens (tertiary/aromatic N) is 1. The second-order valence-corrected chi connectivity index (χ2v) is 6.96. The number of carbonyl (C=O) groups excluding carboxylic acids is 3. The van der Waals surface area contributed by atoms with Gasteiger partial charge in [0.05, 0.1) is 12.2 Å². The molecule has 0 aliphatic carbocycles. The lowest BCUT2D eigenvalue weighted by Crippen LogP contribution is -2.46. The number of amides is 3. The Labute approximate surface area is 174 Å². The molecular formula is C22H24FN3O4. The van der Waals surface area contributed by atoms with Gasteiger partial charge in [0.15, 0.2) is 0 Å². The number of hydrogen-bond donors (Lipinski definition) is 2. The van der Waals surface area contributed by atoms with Crippen LogP contribution in [0.2, 0.25) is 0 Å². The molecule has 1 atom stereocenters. The summed E-state index contributed by atoms with van der Waals surface area (Å²) in [6.07, 6.45) is 1.33. The Bertz CT molecular complexity index is 934. The van der Waals surface area contributed by atoms with E-state index in [1.807, 2.05) is 0 Å². The Morgan fingerprint density at radius 1 is 1.17 bits per heavy atom. The van der Waals surface area contributed by atoms with Crippen molar-refractivity contribution in [3.05, 3.63) is 65.5 Å². The monoisotopic (exact) mass is 413 g/mol. The lowest BCUT2D eigenvalue weighted by Gasteiger charge is -2.24. The highest BCUT2D eigenvalue weighted by Crippen LogP contribution is 2.22. The predicted octanol–water partition coefficient (Wildman–Crippen LogP) is 2.45. The highest BCUT2D eigenvalue weighted by Gasteiger charge is 2.34. The van der Waals surface area contributed by atoms with E-state index in [9.17, 15) is 18.8 Å². The van der Waals surface area contributed by atoms with Crippen LogP contribution < -0.4 is 10.6 Å². The summed E-state index contributed by atoms with van der Waals surface area (Å²) in [4.78, 5) is 39.3. The largest absolute Gasteiger partial charge is 0.383 e. The van der Waals surface area contributed by atoms with E-state index in [1.54, 1.807) is 36.3 Å². The van der Waals surface area contributed by atoms with Crippen molar-refractivity contribution < 1.29 is 23.5 Å². The summed E-state index contributed by atoms with van der Waals surface area (Å²) in [5, 5.41) is 5.38. The first-order chi connectivity index (χ1) is 14.5. The summed E-state index contributed by atoms with van der Waals surface area (Å²) in [5.41, 5.74) is 0.633. The van der Waals surface area contributed by atoms with Crippen LogP contribution in [-0.4, -0.2) is 55.5 Å². The number of likely N-dealkylation sites (tertiary alicyclic amines) is 1. The molecule has 30 heavy (non-hydrogen) atoms. The minimum atomic E-state index is -0.623. The van der Waals surface area contributed by atoms with Gasteiger partial charge in [-0.1, -0.05) is 18.2 Å². The molecule has 0 saturated carbocycles. The van der Waals surface area contributed by atoms with E-state index < -0.39 is 17.8 Å². The molecule has 1 heterocycles. The average molecular weight is 413 g/mol. The van der Waals surface area contributed by atoms with Crippen molar-refractivity contribution in [1.82, 2.24) is 10.2 Å². The molecule has 2 N–H and O–H groups in total. The Hall–Kier alpha value is -3.26. The van der Waals surface area contributed by atoms with E-state index in [4.69, 9.17) is 4.74 Å². The van der Waals surface area contributed by atoms with Gasteiger partial charge in [-0.3, -0.25) is 14.4 Å². The van der Waals surface area contributed by atoms with Gasteiger partial charge in [0.1, 0.15) is 11.9 Å². The number of nitrogens with one attached hydrogen (secondary N) is 2. The van der Waals surface area contributed by atoms with Gasteiger partial charge in [0.25, 0.3) is 11.8 Å². The molecule has 2 aromatic rings. The minimum Gasteiger partial charge on any atom is -0.383 e. The normalized spacial score (nSPS) is 15.7. The van der Waals surface area contributed by atoms with Crippen LogP contribution in [0, 0.1) is 5.82 Å². The molecule has 7 nitrogen and oxygen atoms in total. The first-order valence-corrected chi connectivity index (χ1v) is 9.75. The number of anilines is 1. The van der Waals surface area contributed by atoms with Crippen LogP contribution >= 0.6 is 0 Å². The highest BCUT2D eigenvalue weighted by atomic mass is 19.1. The van der Waals surface area contributed by atoms with E-state index in [2.05, 4.69) is 10.6 Å². The highest BCUT2D eigenvalue weighted by molar-refractivity contribution is 6.05. The number of benzene rings is 2. The van der Waals surface area contributed by atoms with Gasteiger partial charge in [0, 0.05) is 31.5 Å². The summed E-state index contributed by atoms with van der Waals surface area (Å²) in [5.74, 6) is -1.72. The van der Waals surface area contributed by atoms with Gasteiger partial charge in [0.2, 0.25) is 5.91 Å². The molecule has 0 aromatic heterocycles. The minimum absolute atomic E-state index is 0.0819. The van der Waals surface area contributed by atoms with Crippen molar-refractivity contribution in [1.29, 1.82) is 0 Å². The molecule has 1 aliphatic rings. The summed E-state index contributed by atoms with van der Waals surface area (Å²) in [6.45, 7) is 1.26. The van der Waals surface area contributed by atoms with E-state index in [-0.39, 0.29) is 17.4 Å². The fraction of sp³-hybridized carbons (Fsp3) is 0.318. The van der Waals surface area contributed by atoms with Crippen LogP contribution in [0.4, 0.5) is 10.1 Å². The van der Waals surface area contributed by atoms with E-state index in [0.29, 0.717) is 37.4 Å². The van der Waals surface area contributed by atoms with Crippen LogP contribution in [0.15, 0.2) is 48.5 Å². The third-order valence-corrected chi connectivity index (χ3v) is 4.91. The SMILES string of the molecule is COCCNC(=O)[C@H]1CCCN1C(=O)c1cccc(NC(=O)c2ccccc2F)c1. The van der Waals surface area contributed by atoms with Crippen molar-refractivity contribution in [3.63, 3.8) is 0 Å². The Kier molecular flexibility index (Phi) is 7.13. The zero-order valence-corrected chi connectivity index (χ0v) is 16.7. The molecule has 158 valence electrons. The first kappa shape index (κ1) is 21.4. The third kappa shape index (κ3) is 5.01. The Balaban J connectivity index is 1.70. The molecule has 1 fully saturated rings. The second kappa shape index (κ2) is 9.98. The molecule has 2 aromatic carbocycles. The van der Waals surface area contributed by atoms with Gasteiger partial charge >= 0.3 is 0 Å². The zero-order chi connectivity index (χ0) is 21.5. The maximum Gasteiger partial charge on any atom is 0.258 e. The number of methoxy groups -OCH3 is 1. The van der Waals surface area contributed by atoms with E-state index in [1.165, 1.54) is 24.3 Å². The second-order valence-electron chi connectivity index (χ2n) is 6.96. The van der Waals surface area contributed by atoms with Crippen molar-refractivity contribution in [2.75, 3.05) is 32.1 Å². The Morgan fingerprint density at radius 3 is 2.73 bits per heavy atom. The molecule has 1 saturated heterocycles. The summed E-state index contributed by atoms with van der Waals surface area (Å²) < 4.78 is 18.7. The number of carbonyl (C=O) groups is 3. The van der Waals surface area contributed by atoms with Crippen molar-refractivity contribution in [2.24, 2.45) is 0 Å². The molecule has 3 rings (SSSR count). The molecule has 0 unspecified atom stereocenters. The number of hydrogen-bond acceptors (Lipinski definition) is 4. The quantitative estimate of drug-likeness (QED) is 0.683. The Morgan fingerprint density at radius 2 is 1.97 bits per heavy atom. The smallest absolute Gasteiger partial charge is 0.258 e. The van der Waals surface area contributed by atoms with Gasteiger partial charge < -0.3 is 20.3 Å². The van der Waals surface area contributed by atoms with E-state index in [0.717, 1.165) is 6.42 Å². The maximum absolute atomic E-state index is 13.8. The fourth-order valence-corrected chi connectivity index (χ4v) is 3.42. The van der Waals surface area contributed by atoms with Crippen LogP contribution in [0.5, 0.6) is 0 Å². The first-order valence-electron chi connectivity index (χ1n) is 9.75. The van der Waals surface area contributed by atoms with Crippen molar-refractivity contribution >= 4 is 23.4 Å². The molecule has 0 bridgehead atoms. The topological polar surface area (TPSA) is 87.7 Å². The van der Waals surface area contributed by atoms with Crippen LogP contribution in [-0.2, 0) is 9.53 Å². The average Bonchev–Trinajstić information content (AvgIpc) is 3.24.